The molecule has 0 aliphatic carbocycles. The molecule has 0 heterocycles. The number of rotatable bonds is 7. The van der Waals surface area contributed by atoms with Crippen LogP contribution in [0.2, 0.25) is 0 Å². The van der Waals surface area contributed by atoms with Gasteiger partial charge in [-0.1, -0.05) is 28.9 Å². The first-order chi connectivity index (χ1) is 10.3. The Kier molecular flexibility index (Phi) is 7.04. The molecule has 1 aromatic rings. The Morgan fingerprint density at radius 2 is 2.05 bits per heavy atom. The number of hydrogen-bond donors (Lipinski definition) is 2. The highest BCUT2D eigenvalue weighted by Gasteiger charge is 2.21. The Hall–Kier alpha value is -1.89. The summed E-state index contributed by atoms with van der Waals surface area (Å²) in [5.41, 5.74) is 0.426. The van der Waals surface area contributed by atoms with Gasteiger partial charge in [0, 0.05) is 16.1 Å². The van der Waals surface area contributed by atoms with Crippen LogP contribution in [0.5, 0.6) is 0 Å². The van der Waals surface area contributed by atoms with Crippen LogP contribution in [0.25, 0.3) is 0 Å². The maximum Gasteiger partial charge on any atom is 0.323 e. The average Bonchev–Trinajstić information content (AvgIpc) is 2.48. The summed E-state index contributed by atoms with van der Waals surface area (Å²) in [5, 5.41) is 11.4. The molecule has 6 nitrogen and oxygen atoms in total. The lowest BCUT2D eigenvalue weighted by molar-refractivity contribution is -0.145. The van der Waals surface area contributed by atoms with E-state index in [0.29, 0.717) is 12.0 Å². The fraction of sp³-hybridized carbons (Fsp3) is 0.400. The molecular formula is C15H19BrN2O4. The molecule has 0 radical (unpaired) electrons. The first-order valence-electron chi connectivity index (χ1n) is 6.90. The summed E-state index contributed by atoms with van der Waals surface area (Å²) in [6.45, 7) is 3.04. The average molecular weight is 371 g/mol. The van der Waals surface area contributed by atoms with Gasteiger partial charge in [-0.05, 0) is 31.5 Å². The maximum atomic E-state index is 12.1. The van der Waals surface area contributed by atoms with Crippen molar-refractivity contribution in [1.29, 1.82) is 0 Å². The summed E-state index contributed by atoms with van der Waals surface area (Å²) >= 11 is 3.27. The van der Waals surface area contributed by atoms with E-state index < -0.39 is 11.9 Å². The molecule has 7 heteroatoms. The largest absolute Gasteiger partial charge is 0.480 e. The molecule has 0 saturated heterocycles. The topological polar surface area (TPSA) is 86.7 Å². The normalized spacial score (nSPS) is 11.6. The number of nitrogens with zero attached hydrogens (tertiary/aromatic N) is 1. The number of carbonyl (C=O) groups excluding carboxylic acids is 2. The predicted octanol–water partition coefficient (Wildman–Crippen LogP) is 1.89. The summed E-state index contributed by atoms with van der Waals surface area (Å²) in [5.74, 6) is -1.87. The van der Waals surface area contributed by atoms with Crippen LogP contribution < -0.4 is 5.32 Å². The molecule has 0 fully saturated rings. The van der Waals surface area contributed by atoms with Crippen LogP contribution >= 0.6 is 15.9 Å². The third-order valence-electron chi connectivity index (χ3n) is 3.24. The summed E-state index contributed by atoms with van der Waals surface area (Å²) < 4.78 is 0.763. The monoisotopic (exact) mass is 370 g/mol. The van der Waals surface area contributed by atoms with Crippen LogP contribution in [0.3, 0.4) is 0 Å². The Bertz CT molecular complexity index is 562. The SMILES string of the molecule is CCC(C)N(CC(=O)O)C(=O)CNC(=O)c1cccc(Br)c1. The van der Waals surface area contributed by atoms with E-state index in [1.165, 1.54) is 4.90 Å². The van der Waals surface area contributed by atoms with E-state index in [1.807, 2.05) is 6.92 Å². The molecule has 120 valence electrons. The van der Waals surface area contributed by atoms with Crippen LogP contribution in [-0.4, -0.2) is 46.9 Å². The van der Waals surface area contributed by atoms with Gasteiger partial charge >= 0.3 is 5.97 Å². The maximum absolute atomic E-state index is 12.1. The lowest BCUT2D eigenvalue weighted by Crippen LogP contribution is -2.46. The second-order valence-corrected chi connectivity index (χ2v) is 5.78. The molecule has 0 saturated carbocycles. The minimum Gasteiger partial charge on any atom is -0.480 e. The quantitative estimate of drug-likeness (QED) is 0.767. The van der Waals surface area contributed by atoms with E-state index in [1.54, 1.807) is 31.2 Å². The van der Waals surface area contributed by atoms with Crippen LogP contribution in [0.1, 0.15) is 30.6 Å². The van der Waals surface area contributed by atoms with Gasteiger partial charge in [-0.25, -0.2) is 0 Å². The second kappa shape index (κ2) is 8.53. The van der Waals surface area contributed by atoms with Gasteiger partial charge in [-0.3, -0.25) is 14.4 Å². The van der Waals surface area contributed by atoms with E-state index in [4.69, 9.17) is 5.11 Å². The molecule has 1 rings (SSSR count). The molecule has 22 heavy (non-hydrogen) atoms. The van der Waals surface area contributed by atoms with Crippen molar-refractivity contribution >= 4 is 33.7 Å². The van der Waals surface area contributed by atoms with Crippen LogP contribution in [0.15, 0.2) is 28.7 Å². The lowest BCUT2D eigenvalue weighted by Gasteiger charge is -2.27. The molecule has 1 unspecified atom stereocenters. The van der Waals surface area contributed by atoms with Crippen LogP contribution in [0.4, 0.5) is 0 Å². The fourth-order valence-corrected chi connectivity index (χ4v) is 2.24. The molecule has 0 spiro atoms. The number of benzene rings is 1. The van der Waals surface area contributed by atoms with Crippen molar-refractivity contribution in [2.45, 2.75) is 26.3 Å². The number of hydrogen-bond acceptors (Lipinski definition) is 3. The van der Waals surface area contributed by atoms with E-state index in [9.17, 15) is 14.4 Å². The van der Waals surface area contributed by atoms with Crippen molar-refractivity contribution in [1.82, 2.24) is 10.2 Å². The standard InChI is InChI=1S/C15H19BrN2O4/c1-3-10(2)18(9-14(20)21)13(19)8-17-15(22)11-5-4-6-12(16)7-11/h4-7,10H,3,8-9H2,1-2H3,(H,17,22)(H,20,21). The highest BCUT2D eigenvalue weighted by molar-refractivity contribution is 9.10. The molecule has 0 aromatic heterocycles. The first-order valence-corrected chi connectivity index (χ1v) is 7.69. The number of carboxylic acid groups (broad SMARTS) is 1. The first kappa shape index (κ1) is 18.2. The van der Waals surface area contributed by atoms with Gasteiger partial charge < -0.3 is 15.3 Å². The summed E-state index contributed by atoms with van der Waals surface area (Å²) in [7, 11) is 0. The number of halogens is 1. The van der Waals surface area contributed by atoms with Crippen molar-refractivity contribution < 1.29 is 19.5 Å². The number of carboxylic acids is 1. The second-order valence-electron chi connectivity index (χ2n) is 4.87. The molecule has 0 bridgehead atoms. The molecule has 1 aromatic carbocycles. The zero-order valence-electron chi connectivity index (χ0n) is 12.5. The number of nitrogens with one attached hydrogen (secondary N) is 1. The van der Waals surface area contributed by atoms with Crippen molar-refractivity contribution in [2.24, 2.45) is 0 Å². The van der Waals surface area contributed by atoms with E-state index in [0.717, 1.165) is 4.47 Å². The van der Waals surface area contributed by atoms with E-state index >= 15 is 0 Å². The number of amides is 2. The third kappa shape index (κ3) is 5.48. The Labute approximate surface area is 137 Å². The summed E-state index contributed by atoms with van der Waals surface area (Å²) in [6, 6.07) is 6.58. The van der Waals surface area contributed by atoms with E-state index in [2.05, 4.69) is 21.2 Å². The predicted molar refractivity (Wildman–Crippen MR) is 85.6 cm³/mol. The van der Waals surface area contributed by atoms with Crippen molar-refractivity contribution in [3.8, 4) is 0 Å². The van der Waals surface area contributed by atoms with Gasteiger partial charge in [-0.15, -0.1) is 0 Å². The highest BCUT2D eigenvalue weighted by atomic mass is 79.9. The minimum atomic E-state index is -1.08. The molecule has 0 aliphatic heterocycles. The van der Waals surface area contributed by atoms with Crippen LogP contribution in [-0.2, 0) is 9.59 Å². The molecule has 1 atom stereocenters. The minimum absolute atomic E-state index is 0.202. The van der Waals surface area contributed by atoms with Crippen LogP contribution in [0, 0.1) is 0 Å². The summed E-state index contributed by atoms with van der Waals surface area (Å²) in [6.07, 6.45) is 0.637. The third-order valence-corrected chi connectivity index (χ3v) is 3.73. The highest BCUT2D eigenvalue weighted by Crippen LogP contribution is 2.11. The lowest BCUT2D eigenvalue weighted by atomic mass is 10.2. The van der Waals surface area contributed by atoms with Gasteiger partial charge in [0.15, 0.2) is 0 Å². The van der Waals surface area contributed by atoms with Gasteiger partial charge in [0.25, 0.3) is 5.91 Å². The smallest absolute Gasteiger partial charge is 0.323 e. The van der Waals surface area contributed by atoms with Gasteiger partial charge in [0.05, 0.1) is 6.54 Å². The molecule has 2 N–H and O–H groups in total. The van der Waals surface area contributed by atoms with Crippen molar-refractivity contribution in [3.63, 3.8) is 0 Å². The Balaban J connectivity index is 2.66. The van der Waals surface area contributed by atoms with Gasteiger partial charge in [0.1, 0.15) is 6.54 Å². The van der Waals surface area contributed by atoms with E-state index in [-0.39, 0.29) is 25.0 Å². The summed E-state index contributed by atoms with van der Waals surface area (Å²) in [4.78, 5) is 36.2. The Morgan fingerprint density at radius 1 is 1.36 bits per heavy atom. The van der Waals surface area contributed by atoms with Crippen molar-refractivity contribution in [3.05, 3.63) is 34.3 Å². The Morgan fingerprint density at radius 3 is 2.59 bits per heavy atom. The molecule has 0 aliphatic rings. The van der Waals surface area contributed by atoms with Gasteiger partial charge in [-0.2, -0.15) is 0 Å². The number of carbonyl (C=O) groups is 3. The zero-order valence-corrected chi connectivity index (χ0v) is 14.1. The fourth-order valence-electron chi connectivity index (χ4n) is 1.85. The van der Waals surface area contributed by atoms with Crippen molar-refractivity contribution in [2.75, 3.05) is 13.1 Å². The number of aliphatic carboxylic acids is 1. The van der Waals surface area contributed by atoms with Gasteiger partial charge in [0.2, 0.25) is 5.91 Å². The zero-order chi connectivity index (χ0) is 16.7. The molecular weight excluding hydrogens is 352 g/mol. The molecule has 2 amide bonds.